The molecule has 0 radical (unpaired) electrons. The number of Topliss-reactive ketones (excluding diaryl/α,β-unsaturated/α-hetero) is 1. The third-order valence-corrected chi connectivity index (χ3v) is 3.18. The van der Waals surface area contributed by atoms with E-state index in [1.165, 1.54) is 4.68 Å². The molecule has 0 aliphatic heterocycles. The van der Waals surface area contributed by atoms with E-state index in [-0.39, 0.29) is 11.5 Å². The van der Waals surface area contributed by atoms with Crippen molar-refractivity contribution in [1.82, 2.24) is 14.7 Å². The molecule has 0 fully saturated rings. The van der Waals surface area contributed by atoms with Gasteiger partial charge in [0.05, 0.1) is 6.61 Å². The van der Waals surface area contributed by atoms with Gasteiger partial charge < -0.3 is 9.64 Å². The highest BCUT2D eigenvalue weighted by Gasteiger charge is 2.31. The molecule has 0 amide bonds. The van der Waals surface area contributed by atoms with Crippen LogP contribution in [-0.4, -0.2) is 47.1 Å². The Bertz CT molecular complexity index is 585. The van der Waals surface area contributed by atoms with Crippen LogP contribution in [0.1, 0.15) is 39.9 Å². The summed E-state index contributed by atoms with van der Waals surface area (Å²) in [5.41, 5.74) is 2.20. The van der Waals surface area contributed by atoms with E-state index in [4.69, 9.17) is 4.74 Å². The van der Waals surface area contributed by atoms with E-state index in [0.29, 0.717) is 30.7 Å². The quantitative estimate of drug-likeness (QED) is 0.613. The molecule has 0 bridgehead atoms. The molecule has 0 aromatic carbocycles. The number of ketones is 1. The van der Waals surface area contributed by atoms with Crippen LogP contribution in [0.2, 0.25) is 0 Å². The highest BCUT2D eigenvalue weighted by atomic mass is 16.5. The van der Waals surface area contributed by atoms with Gasteiger partial charge in [-0.1, -0.05) is 0 Å². The van der Waals surface area contributed by atoms with Crippen LogP contribution in [0.4, 0.5) is 0 Å². The second kappa shape index (κ2) is 5.48. The molecule has 108 valence electrons. The van der Waals surface area contributed by atoms with E-state index in [2.05, 4.69) is 5.10 Å². The van der Waals surface area contributed by atoms with E-state index in [1.54, 1.807) is 14.0 Å². The molecule has 1 heterocycles. The van der Waals surface area contributed by atoms with Crippen LogP contribution in [0.3, 0.4) is 0 Å². The maximum absolute atomic E-state index is 12.5. The lowest BCUT2D eigenvalue weighted by atomic mass is 9.90. The van der Waals surface area contributed by atoms with Gasteiger partial charge in [-0.3, -0.25) is 9.48 Å². The molecular weight excluding hydrogens is 258 g/mol. The van der Waals surface area contributed by atoms with Gasteiger partial charge in [0.15, 0.2) is 5.69 Å². The van der Waals surface area contributed by atoms with E-state index in [0.717, 1.165) is 5.57 Å². The van der Waals surface area contributed by atoms with Crippen molar-refractivity contribution in [3.8, 4) is 0 Å². The first-order chi connectivity index (χ1) is 9.45. The number of fused-ring (bicyclic) bond motifs is 1. The number of hydrogen-bond acceptors (Lipinski definition) is 5. The van der Waals surface area contributed by atoms with Crippen molar-refractivity contribution in [3.63, 3.8) is 0 Å². The Morgan fingerprint density at radius 3 is 2.75 bits per heavy atom. The molecule has 1 aliphatic rings. The van der Waals surface area contributed by atoms with E-state index in [1.807, 2.05) is 25.2 Å². The third kappa shape index (κ3) is 2.45. The highest BCUT2D eigenvalue weighted by molar-refractivity contribution is 6.11. The standard InChI is InChI=1S/C14H19N3O3/c1-5-20-14(19)11-10-7-6-9(8-16(2)3)13(18)12(10)17(4)15-11/h8H,5-7H2,1-4H3/b9-8+. The lowest BCUT2D eigenvalue weighted by Gasteiger charge is -2.17. The Balaban J connectivity index is 2.43. The van der Waals surface area contributed by atoms with Crippen molar-refractivity contribution in [2.75, 3.05) is 20.7 Å². The molecule has 0 atom stereocenters. The number of ether oxygens (including phenoxy) is 1. The fourth-order valence-corrected chi connectivity index (χ4v) is 2.41. The Hall–Kier alpha value is -2.11. The van der Waals surface area contributed by atoms with E-state index in [9.17, 15) is 9.59 Å². The zero-order valence-electron chi connectivity index (χ0n) is 12.3. The fraction of sp³-hybridized carbons (Fsp3) is 0.500. The van der Waals surface area contributed by atoms with Crippen molar-refractivity contribution in [2.45, 2.75) is 19.8 Å². The summed E-state index contributed by atoms with van der Waals surface area (Å²) < 4.78 is 6.46. The molecule has 0 saturated heterocycles. The summed E-state index contributed by atoms with van der Waals surface area (Å²) in [5, 5.41) is 4.16. The van der Waals surface area contributed by atoms with Crippen LogP contribution in [0.5, 0.6) is 0 Å². The summed E-state index contributed by atoms with van der Waals surface area (Å²) in [6.07, 6.45) is 3.06. The van der Waals surface area contributed by atoms with Gasteiger partial charge in [-0.15, -0.1) is 0 Å². The number of aromatic nitrogens is 2. The second-order valence-electron chi connectivity index (χ2n) is 4.97. The number of carbonyl (C=O) groups is 2. The predicted molar refractivity (Wildman–Crippen MR) is 73.6 cm³/mol. The molecular formula is C14H19N3O3. The lowest BCUT2D eigenvalue weighted by molar-refractivity contribution is 0.0517. The van der Waals surface area contributed by atoms with Gasteiger partial charge in [-0.2, -0.15) is 5.10 Å². The molecule has 20 heavy (non-hydrogen) atoms. The molecule has 2 rings (SSSR count). The fourth-order valence-electron chi connectivity index (χ4n) is 2.41. The van der Waals surface area contributed by atoms with E-state index >= 15 is 0 Å². The summed E-state index contributed by atoms with van der Waals surface area (Å²) in [7, 11) is 5.43. The Morgan fingerprint density at radius 1 is 1.45 bits per heavy atom. The highest BCUT2D eigenvalue weighted by Crippen LogP contribution is 2.27. The maximum Gasteiger partial charge on any atom is 0.359 e. The van der Waals surface area contributed by atoms with Crippen LogP contribution in [-0.2, 0) is 18.2 Å². The number of allylic oxidation sites excluding steroid dienone is 1. The van der Waals surface area contributed by atoms with Gasteiger partial charge >= 0.3 is 5.97 Å². The topological polar surface area (TPSA) is 64.4 Å². The molecule has 6 heteroatoms. The summed E-state index contributed by atoms with van der Waals surface area (Å²) in [6, 6.07) is 0. The SMILES string of the molecule is CCOC(=O)c1nn(C)c2c1CC/C(=C\N(C)C)C2=O. The minimum absolute atomic E-state index is 0.0644. The van der Waals surface area contributed by atoms with Gasteiger partial charge in [0, 0.05) is 38.5 Å². The van der Waals surface area contributed by atoms with Crippen molar-refractivity contribution in [2.24, 2.45) is 7.05 Å². The minimum Gasteiger partial charge on any atom is -0.461 e. The minimum atomic E-state index is -0.461. The van der Waals surface area contributed by atoms with Gasteiger partial charge in [0.2, 0.25) is 5.78 Å². The summed E-state index contributed by atoms with van der Waals surface area (Å²) in [4.78, 5) is 26.2. The molecule has 0 spiro atoms. The second-order valence-corrected chi connectivity index (χ2v) is 4.97. The average Bonchev–Trinajstić information content (AvgIpc) is 2.71. The largest absolute Gasteiger partial charge is 0.461 e. The molecule has 0 unspecified atom stereocenters. The first kappa shape index (κ1) is 14.3. The third-order valence-electron chi connectivity index (χ3n) is 3.18. The number of hydrogen-bond donors (Lipinski definition) is 0. The van der Waals surface area contributed by atoms with Crippen LogP contribution >= 0.6 is 0 Å². The Morgan fingerprint density at radius 2 is 2.15 bits per heavy atom. The van der Waals surface area contributed by atoms with Crippen molar-refractivity contribution in [1.29, 1.82) is 0 Å². The number of aryl methyl sites for hydroxylation is 1. The summed E-state index contributed by atoms with van der Waals surface area (Å²) >= 11 is 0. The van der Waals surface area contributed by atoms with Gasteiger partial charge in [-0.05, 0) is 19.8 Å². The molecule has 6 nitrogen and oxygen atoms in total. The average molecular weight is 277 g/mol. The lowest BCUT2D eigenvalue weighted by Crippen LogP contribution is -2.20. The Kier molecular flexibility index (Phi) is 3.92. The van der Waals surface area contributed by atoms with Crippen LogP contribution in [0.25, 0.3) is 0 Å². The van der Waals surface area contributed by atoms with Gasteiger partial charge in [-0.25, -0.2) is 4.79 Å². The normalized spacial score (nSPS) is 16.2. The Labute approximate surface area is 118 Å². The van der Waals surface area contributed by atoms with Crippen LogP contribution in [0.15, 0.2) is 11.8 Å². The molecule has 1 aromatic rings. The van der Waals surface area contributed by atoms with Crippen molar-refractivity contribution >= 4 is 11.8 Å². The zero-order valence-corrected chi connectivity index (χ0v) is 12.3. The van der Waals surface area contributed by atoms with E-state index < -0.39 is 5.97 Å². The molecule has 0 saturated carbocycles. The maximum atomic E-state index is 12.5. The number of nitrogens with zero attached hydrogens (tertiary/aromatic N) is 3. The molecule has 1 aromatic heterocycles. The van der Waals surface area contributed by atoms with Crippen molar-refractivity contribution in [3.05, 3.63) is 28.7 Å². The predicted octanol–water partition coefficient (Wildman–Crippen LogP) is 1.17. The molecule has 1 aliphatic carbocycles. The first-order valence-corrected chi connectivity index (χ1v) is 6.60. The monoisotopic (exact) mass is 277 g/mol. The zero-order chi connectivity index (χ0) is 14.9. The van der Waals surface area contributed by atoms with Crippen LogP contribution < -0.4 is 0 Å². The summed E-state index contributed by atoms with van der Waals surface area (Å²) in [5.74, 6) is -0.525. The number of esters is 1. The van der Waals surface area contributed by atoms with Gasteiger partial charge in [0.25, 0.3) is 0 Å². The smallest absolute Gasteiger partial charge is 0.359 e. The van der Waals surface area contributed by atoms with Crippen LogP contribution in [0, 0.1) is 0 Å². The summed E-state index contributed by atoms with van der Waals surface area (Å²) in [6.45, 7) is 2.04. The van der Waals surface area contributed by atoms with Crippen molar-refractivity contribution < 1.29 is 14.3 Å². The molecule has 0 N–H and O–H groups in total. The number of rotatable bonds is 3. The number of carbonyl (C=O) groups excluding carboxylic acids is 2. The first-order valence-electron chi connectivity index (χ1n) is 6.60. The van der Waals surface area contributed by atoms with Gasteiger partial charge in [0.1, 0.15) is 5.69 Å².